The molecule has 0 radical (unpaired) electrons. The number of methoxy groups -OCH3 is 2. The van der Waals surface area contributed by atoms with Crippen LogP contribution < -0.4 is 0 Å². The van der Waals surface area contributed by atoms with E-state index in [0.29, 0.717) is 34.4 Å². The summed E-state index contributed by atoms with van der Waals surface area (Å²) in [5.74, 6) is 0.0640. The highest BCUT2D eigenvalue weighted by atomic mass is 35.5. The molecule has 1 unspecified atom stereocenters. The van der Waals surface area contributed by atoms with Crippen LogP contribution in [0.1, 0.15) is 38.8 Å². The van der Waals surface area contributed by atoms with E-state index in [1.165, 1.54) is 20.3 Å². The molecule has 3 aromatic rings. The monoisotopic (exact) mass is 584 g/mol. The molecule has 1 aromatic heterocycles. The maximum absolute atomic E-state index is 12.7. The minimum Gasteiger partial charge on any atom is -0.497 e. The Morgan fingerprint density at radius 1 is 1.07 bits per heavy atom. The topological polar surface area (TPSA) is 51.7 Å². The molecule has 0 spiro atoms. The van der Waals surface area contributed by atoms with Crippen molar-refractivity contribution in [3.8, 4) is 11.3 Å². The van der Waals surface area contributed by atoms with Gasteiger partial charge in [-0.3, -0.25) is 9.69 Å². The average molecular weight is 586 g/mol. The fraction of sp³-hybridized carbons (Fsp3) is 0.333. The lowest BCUT2D eigenvalue weighted by atomic mass is 10.0. The number of allylic oxidation sites excluding steroid dienone is 2. The molecule has 0 aliphatic carbocycles. The summed E-state index contributed by atoms with van der Waals surface area (Å²) in [6.45, 7) is 18.0. The third-order valence-corrected chi connectivity index (χ3v) is 6.82. The maximum Gasteiger partial charge on any atom is 0.323 e. The Kier molecular flexibility index (Phi) is 15.3. The Hall–Kier alpha value is -3.12. The Morgan fingerprint density at radius 2 is 1.75 bits per heavy atom. The number of carbonyl (C=O) groups is 1. The number of aryl methyl sites for hydroxylation is 1. The molecule has 3 rings (SSSR count). The van der Waals surface area contributed by atoms with Crippen molar-refractivity contribution in [1.29, 1.82) is 0 Å². The number of carbonyl (C=O) groups excluding carboxylic acids is 1. The van der Waals surface area contributed by atoms with E-state index in [1.807, 2.05) is 95.1 Å². The molecular weight excluding hydrogens is 543 g/mol. The molecule has 1 heterocycles. The van der Waals surface area contributed by atoms with Crippen molar-refractivity contribution in [2.45, 2.75) is 47.1 Å². The van der Waals surface area contributed by atoms with Crippen LogP contribution >= 0.6 is 23.2 Å². The summed E-state index contributed by atoms with van der Waals surface area (Å²) in [6, 6.07) is 15.2. The number of benzene rings is 2. The quantitative estimate of drug-likeness (QED) is 0.135. The fourth-order valence-corrected chi connectivity index (χ4v) is 4.56. The molecule has 0 bridgehead atoms. The number of rotatable bonds is 10. The molecule has 1 atom stereocenters. The lowest BCUT2D eigenvalue weighted by Gasteiger charge is -2.27. The van der Waals surface area contributed by atoms with Crippen LogP contribution in [0, 0.1) is 6.92 Å². The summed E-state index contributed by atoms with van der Waals surface area (Å²) in [5, 5.41) is 2.05. The second-order valence-corrected chi connectivity index (χ2v) is 9.29. The van der Waals surface area contributed by atoms with E-state index in [-0.39, 0.29) is 5.97 Å². The first-order valence-electron chi connectivity index (χ1n) is 13.4. The number of hydrogen-bond acceptors (Lipinski definition) is 5. The third kappa shape index (κ3) is 8.95. The highest BCUT2D eigenvalue weighted by Gasteiger charge is 2.26. The average Bonchev–Trinajstić information content (AvgIpc) is 2.99. The lowest BCUT2D eigenvalue weighted by Crippen LogP contribution is -2.42. The Labute approximate surface area is 250 Å². The van der Waals surface area contributed by atoms with Gasteiger partial charge in [-0.15, -0.1) is 0 Å². The van der Waals surface area contributed by atoms with Crippen LogP contribution in [0.15, 0.2) is 84.1 Å². The molecule has 40 heavy (non-hydrogen) atoms. The largest absolute Gasteiger partial charge is 0.497 e. The van der Waals surface area contributed by atoms with E-state index in [2.05, 4.69) is 13.2 Å². The number of halogens is 2. The van der Waals surface area contributed by atoms with Crippen LogP contribution in [0.2, 0.25) is 5.02 Å². The molecule has 0 saturated heterocycles. The van der Waals surface area contributed by atoms with Crippen LogP contribution in [0.5, 0.6) is 0 Å². The Morgan fingerprint density at radius 3 is 2.33 bits per heavy atom. The van der Waals surface area contributed by atoms with Crippen molar-refractivity contribution in [2.75, 3.05) is 27.8 Å². The number of esters is 1. The van der Waals surface area contributed by atoms with Gasteiger partial charge in [0.25, 0.3) is 0 Å². The van der Waals surface area contributed by atoms with Crippen LogP contribution in [0.4, 0.5) is 0 Å². The van der Waals surface area contributed by atoms with Gasteiger partial charge in [-0.2, -0.15) is 0 Å². The first kappa shape index (κ1) is 34.9. The molecule has 0 fully saturated rings. The Balaban J connectivity index is 0.00000191. The zero-order valence-corrected chi connectivity index (χ0v) is 26.5. The molecular formula is C33H42Cl2N2O3. The number of ether oxygens (including phenoxy) is 2. The maximum atomic E-state index is 12.7. The molecule has 2 aromatic carbocycles. The van der Waals surface area contributed by atoms with Crippen molar-refractivity contribution >= 4 is 40.1 Å². The molecule has 5 nitrogen and oxygen atoms in total. The van der Waals surface area contributed by atoms with E-state index in [1.54, 1.807) is 0 Å². The minimum absolute atomic E-state index is 0.326. The Bertz CT molecular complexity index is 1310. The van der Waals surface area contributed by atoms with Crippen LogP contribution in [0.25, 0.3) is 22.2 Å². The van der Waals surface area contributed by atoms with Gasteiger partial charge >= 0.3 is 5.97 Å². The van der Waals surface area contributed by atoms with Gasteiger partial charge in [-0.05, 0) is 55.8 Å². The second kappa shape index (κ2) is 17.5. The predicted octanol–water partition coefficient (Wildman–Crippen LogP) is 8.77. The summed E-state index contributed by atoms with van der Waals surface area (Å²) in [5.41, 5.74) is 5.28. The SMILES string of the molecule is C=C/C(Cl)=C(/CN(C)C(Cc1ccc2nc(-c3c(C)cccc3Cl)ccc2c1)C(=O)OC)C(=C)OC.CC.CC. The summed E-state index contributed by atoms with van der Waals surface area (Å²) in [6.07, 6.45) is 1.96. The van der Waals surface area contributed by atoms with Gasteiger partial charge in [-0.1, -0.05) is 94.4 Å². The number of aromatic nitrogens is 1. The van der Waals surface area contributed by atoms with Crippen molar-refractivity contribution in [3.05, 3.63) is 100 Å². The van der Waals surface area contributed by atoms with Crippen molar-refractivity contribution in [3.63, 3.8) is 0 Å². The van der Waals surface area contributed by atoms with Crippen molar-refractivity contribution in [1.82, 2.24) is 9.88 Å². The highest BCUT2D eigenvalue weighted by Crippen LogP contribution is 2.31. The number of hydrogen-bond donors (Lipinski definition) is 0. The lowest BCUT2D eigenvalue weighted by molar-refractivity contribution is -0.146. The van der Waals surface area contributed by atoms with Gasteiger partial charge < -0.3 is 9.47 Å². The first-order valence-corrected chi connectivity index (χ1v) is 14.1. The standard InChI is InChI=1S/C29H30Cl2N2O3.2C2H6/c1-7-23(30)22(19(3)35-5)17-33(4)27(29(34)36-6)16-20-11-13-25-21(15-20)12-14-26(32-25)28-18(2)9-8-10-24(28)31;2*1-2/h7-15,27H,1,3,16-17H2,2,4-6H3;2*1-2H3/b23-22+;;. The smallest absolute Gasteiger partial charge is 0.323 e. The molecule has 0 N–H and O–H groups in total. The third-order valence-electron chi connectivity index (χ3n) is 6.12. The predicted molar refractivity (Wildman–Crippen MR) is 171 cm³/mol. The first-order chi connectivity index (χ1) is 19.2. The summed E-state index contributed by atoms with van der Waals surface area (Å²) >= 11 is 12.8. The van der Waals surface area contributed by atoms with Crippen LogP contribution in [-0.4, -0.2) is 49.7 Å². The number of nitrogens with zero attached hydrogens (tertiary/aromatic N) is 2. The number of pyridine rings is 1. The normalized spacial score (nSPS) is 11.8. The summed E-state index contributed by atoms with van der Waals surface area (Å²) in [7, 11) is 4.74. The van der Waals surface area contributed by atoms with Crippen molar-refractivity contribution < 1.29 is 14.3 Å². The van der Waals surface area contributed by atoms with E-state index in [9.17, 15) is 4.79 Å². The van der Waals surface area contributed by atoms with Gasteiger partial charge in [-0.25, -0.2) is 4.98 Å². The van der Waals surface area contributed by atoms with Gasteiger partial charge in [0.1, 0.15) is 11.8 Å². The zero-order valence-electron chi connectivity index (χ0n) is 25.0. The van der Waals surface area contributed by atoms with Gasteiger partial charge in [0, 0.05) is 28.1 Å². The van der Waals surface area contributed by atoms with E-state index in [0.717, 1.165) is 33.3 Å². The molecule has 0 aliphatic heterocycles. The van der Waals surface area contributed by atoms with Crippen molar-refractivity contribution in [2.24, 2.45) is 0 Å². The van der Waals surface area contributed by atoms with E-state index < -0.39 is 6.04 Å². The van der Waals surface area contributed by atoms with Gasteiger partial charge in [0.2, 0.25) is 0 Å². The van der Waals surface area contributed by atoms with E-state index >= 15 is 0 Å². The van der Waals surface area contributed by atoms with Gasteiger partial charge in [0.15, 0.2) is 0 Å². The van der Waals surface area contributed by atoms with E-state index in [4.69, 9.17) is 37.7 Å². The fourth-order valence-electron chi connectivity index (χ4n) is 4.08. The zero-order chi connectivity index (χ0) is 30.4. The second-order valence-electron chi connectivity index (χ2n) is 8.47. The molecule has 216 valence electrons. The van der Waals surface area contributed by atoms with Crippen LogP contribution in [0.3, 0.4) is 0 Å². The molecule has 0 aliphatic rings. The molecule has 7 heteroatoms. The van der Waals surface area contributed by atoms with Gasteiger partial charge in [0.05, 0.1) is 30.5 Å². The highest BCUT2D eigenvalue weighted by molar-refractivity contribution is 6.33. The molecule has 0 amide bonds. The number of likely N-dealkylation sites (N-methyl/N-ethyl adjacent to an activating group) is 1. The minimum atomic E-state index is -0.556. The van der Waals surface area contributed by atoms with Crippen LogP contribution in [-0.2, 0) is 20.7 Å². The summed E-state index contributed by atoms with van der Waals surface area (Å²) < 4.78 is 10.4. The number of fused-ring (bicyclic) bond motifs is 1. The summed E-state index contributed by atoms with van der Waals surface area (Å²) in [4.78, 5) is 19.4. The molecule has 0 saturated carbocycles.